The number of hydrogen-bond acceptors (Lipinski definition) is 5. The molecular formula is C11H22Cl2N4O3S. The molecule has 21 heavy (non-hydrogen) atoms. The van der Waals surface area contributed by atoms with Crippen LogP contribution in [0.4, 0.5) is 0 Å². The van der Waals surface area contributed by atoms with Crippen molar-refractivity contribution in [2.45, 2.75) is 37.1 Å². The van der Waals surface area contributed by atoms with Gasteiger partial charge in [-0.2, -0.15) is 5.10 Å². The highest BCUT2D eigenvalue weighted by Crippen LogP contribution is 2.12. The van der Waals surface area contributed by atoms with Gasteiger partial charge in [-0.3, -0.25) is 4.68 Å². The molecule has 0 spiro atoms. The van der Waals surface area contributed by atoms with E-state index >= 15 is 0 Å². The minimum atomic E-state index is -3.57. The zero-order valence-electron chi connectivity index (χ0n) is 12.0. The summed E-state index contributed by atoms with van der Waals surface area (Å²) in [4.78, 5) is 0. The van der Waals surface area contributed by atoms with Crippen molar-refractivity contribution in [3.05, 3.63) is 12.3 Å². The molecule has 2 heterocycles. The molecule has 0 unspecified atom stereocenters. The predicted octanol–water partition coefficient (Wildman–Crippen LogP) is 0.402. The summed E-state index contributed by atoms with van der Waals surface area (Å²) in [5, 5.41) is 7.35. The van der Waals surface area contributed by atoms with Crippen LogP contribution < -0.4 is 10.0 Å². The van der Waals surface area contributed by atoms with Crippen molar-refractivity contribution in [1.29, 1.82) is 0 Å². The predicted molar refractivity (Wildman–Crippen MR) is 84.8 cm³/mol. The molecule has 10 heteroatoms. The Morgan fingerprint density at radius 1 is 1.48 bits per heavy atom. The molecule has 0 amide bonds. The molecule has 1 aromatic rings. The highest BCUT2D eigenvalue weighted by atomic mass is 35.5. The van der Waals surface area contributed by atoms with Gasteiger partial charge in [0.2, 0.25) is 0 Å². The van der Waals surface area contributed by atoms with Crippen LogP contribution in [0.15, 0.2) is 17.3 Å². The van der Waals surface area contributed by atoms with Gasteiger partial charge in [0.25, 0.3) is 10.0 Å². The number of rotatable bonds is 6. The Morgan fingerprint density at radius 2 is 2.19 bits per heavy atom. The van der Waals surface area contributed by atoms with Crippen molar-refractivity contribution in [3.63, 3.8) is 0 Å². The molecule has 0 radical (unpaired) electrons. The molecule has 124 valence electrons. The van der Waals surface area contributed by atoms with E-state index in [0.29, 0.717) is 19.6 Å². The first-order chi connectivity index (χ1) is 9.08. The van der Waals surface area contributed by atoms with Gasteiger partial charge in [0.15, 0.2) is 5.03 Å². The summed E-state index contributed by atoms with van der Waals surface area (Å²) in [6.07, 6.45) is 2.19. The van der Waals surface area contributed by atoms with Crippen molar-refractivity contribution in [1.82, 2.24) is 19.8 Å². The van der Waals surface area contributed by atoms with Gasteiger partial charge in [0, 0.05) is 26.7 Å². The highest BCUT2D eigenvalue weighted by molar-refractivity contribution is 7.89. The van der Waals surface area contributed by atoms with Crippen molar-refractivity contribution < 1.29 is 13.2 Å². The monoisotopic (exact) mass is 360 g/mol. The Morgan fingerprint density at radius 3 is 2.81 bits per heavy atom. The largest absolute Gasteiger partial charge is 0.378 e. The molecule has 1 aliphatic heterocycles. The second-order valence-corrected chi connectivity index (χ2v) is 6.21. The van der Waals surface area contributed by atoms with E-state index < -0.39 is 10.0 Å². The summed E-state index contributed by atoms with van der Waals surface area (Å²) in [6.45, 7) is 3.78. The molecule has 0 saturated carbocycles. The topological polar surface area (TPSA) is 85.2 Å². The first-order valence-corrected chi connectivity index (χ1v) is 7.84. The Hall–Kier alpha value is -0.380. The zero-order valence-corrected chi connectivity index (χ0v) is 14.4. The number of aryl methyl sites for hydroxylation is 1. The molecule has 0 bridgehead atoms. The van der Waals surface area contributed by atoms with Gasteiger partial charge in [0.1, 0.15) is 0 Å². The smallest absolute Gasteiger partial charge is 0.258 e. The first kappa shape index (κ1) is 20.6. The van der Waals surface area contributed by atoms with Crippen LogP contribution in [0.2, 0.25) is 0 Å². The lowest BCUT2D eigenvalue weighted by atomic mass is 10.2. The van der Waals surface area contributed by atoms with Gasteiger partial charge >= 0.3 is 0 Å². The average molecular weight is 361 g/mol. The maximum Gasteiger partial charge on any atom is 0.258 e. The molecular weight excluding hydrogens is 339 g/mol. The summed E-state index contributed by atoms with van der Waals surface area (Å²) in [5.41, 5.74) is 0. The van der Waals surface area contributed by atoms with Crippen molar-refractivity contribution >= 4 is 34.8 Å². The molecule has 7 nitrogen and oxygen atoms in total. The Balaban J connectivity index is 0.00000200. The molecule has 0 aromatic carbocycles. The lowest BCUT2D eigenvalue weighted by Gasteiger charge is -2.18. The minimum Gasteiger partial charge on any atom is -0.378 e. The number of methoxy groups -OCH3 is 1. The van der Waals surface area contributed by atoms with E-state index in [4.69, 9.17) is 4.74 Å². The molecule has 1 fully saturated rings. The molecule has 1 saturated heterocycles. The van der Waals surface area contributed by atoms with E-state index in [1.54, 1.807) is 7.11 Å². The van der Waals surface area contributed by atoms with Crippen LogP contribution in [0.3, 0.4) is 0 Å². The molecule has 2 N–H and O–H groups in total. The van der Waals surface area contributed by atoms with Gasteiger partial charge < -0.3 is 10.1 Å². The fourth-order valence-corrected chi connectivity index (χ4v) is 3.62. The molecule has 1 aromatic heterocycles. The van der Waals surface area contributed by atoms with Crippen LogP contribution in [0.1, 0.15) is 13.3 Å². The van der Waals surface area contributed by atoms with Gasteiger partial charge in [-0.25, -0.2) is 13.1 Å². The van der Waals surface area contributed by atoms with Crippen molar-refractivity contribution in [2.24, 2.45) is 0 Å². The number of aromatic nitrogens is 2. The Bertz CT molecular complexity index is 523. The third-order valence-corrected chi connectivity index (χ3v) is 4.67. The van der Waals surface area contributed by atoms with E-state index in [1.165, 1.54) is 16.9 Å². The second kappa shape index (κ2) is 8.92. The number of hydrogen-bond donors (Lipinski definition) is 2. The number of nitrogens with zero attached hydrogens (tertiary/aromatic N) is 2. The third-order valence-electron chi connectivity index (χ3n) is 3.16. The van der Waals surface area contributed by atoms with E-state index in [0.717, 1.165) is 6.42 Å². The van der Waals surface area contributed by atoms with E-state index in [9.17, 15) is 8.42 Å². The van der Waals surface area contributed by atoms with Crippen molar-refractivity contribution in [3.8, 4) is 0 Å². The van der Waals surface area contributed by atoms with Gasteiger partial charge in [0.05, 0.1) is 18.3 Å². The lowest BCUT2D eigenvalue weighted by molar-refractivity contribution is 0.103. The minimum absolute atomic E-state index is 0. The van der Waals surface area contributed by atoms with Crippen LogP contribution in [0, 0.1) is 0 Å². The standard InChI is InChI=1S/C11H20N4O3S.2ClH/c1-3-6-15-11(4-5-13-15)19(16,17)14-9-7-12-8-10(9)18-2;;/h4-5,9-10,12,14H,3,6-8H2,1-2H3;2*1H/t9-,10-;;/m0../s1. The summed E-state index contributed by atoms with van der Waals surface area (Å²) in [5.74, 6) is 0. The van der Waals surface area contributed by atoms with Crippen LogP contribution in [0.25, 0.3) is 0 Å². The molecule has 2 atom stereocenters. The van der Waals surface area contributed by atoms with E-state index in [-0.39, 0.29) is 42.0 Å². The number of nitrogens with one attached hydrogen (secondary N) is 2. The maximum atomic E-state index is 12.4. The number of halogens is 2. The van der Waals surface area contributed by atoms with E-state index in [1.807, 2.05) is 6.92 Å². The second-order valence-electron chi connectivity index (χ2n) is 4.55. The summed E-state index contributed by atoms with van der Waals surface area (Å²) >= 11 is 0. The van der Waals surface area contributed by atoms with Gasteiger partial charge in [-0.1, -0.05) is 6.92 Å². The summed E-state index contributed by atoms with van der Waals surface area (Å²) in [7, 11) is -1.98. The van der Waals surface area contributed by atoms with Gasteiger partial charge in [-0.05, 0) is 12.5 Å². The molecule has 2 rings (SSSR count). The lowest BCUT2D eigenvalue weighted by Crippen LogP contribution is -2.44. The van der Waals surface area contributed by atoms with E-state index in [2.05, 4.69) is 15.1 Å². The van der Waals surface area contributed by atoms with Crippen LogP contribution in [0.5, 0.6) is 0 Å². The fraction of sp³-hybridized carbons (Fsp3) is 0.727. The normalized spacial score (nSPS) is 21.6. The quantitative estimate of drug-likeness (QED) is 0.766. The summed E-state index contributed by atoms with van der Waals surface area (Å²) < 4.78 is 34.1. The third kappa shape index (κ3) is 4.80. The van der Waals surface area contributed by atoms with Crippen LogP contribution in [-0.2, 0) is 21.3 Å². The maximum absolute atomic E-state index is 12.4. The SMILES string of the molecule is CCCn1nccc1S(=O)(=O)N[C@H]1CNC[C@@H]1OC.Cl.Cl. The average Bonchev–Trinajstić information content (AvgIpc) is 2.98. The van der Waals surface area contributed by atoms with Crippen LogP contribution in [-0.4, -0.2) is 50.5 Å². The number of ether oxygens (including phenoxy) is 1. The van der Waals surface area contributed by atoms with Gasteiger partial charge in [-0.15, -0.1) is 24.8 Å². The van der Waals surface area contributed by atoms with Crippen LogP contribution >= 0.6 is 24.8 Å². The summed E-state index contributed by atoms with van der Waals surface area (Å²) in [6, 6.07) is 1.27. The van der Waals surface area contributed by atoms with Crippen molar-refractivity contribution in [2.75, 3.05) is 20.2 Å². The fourth-order valence-electron chi connectivity index (χ4n) is 2.21. The Labute approximate surface area is 137 Å². The Kier molecular flexibility index (Phi) is 8.76. The highest BCUT2D eigenvalue weighted by Gasteiger charge is 2.32. The molecule has 1 aliphatic rings. The first-order valence-electron chi connectivity index (χ1n) is 6.36. The number of sulfonamides is 1. The molecule has 0 aliphatic carbocycles. The zero-order chi connectivity index (χ0) is 13.9.